The molecule has 0 aliphatic rings. The molecule has 1 N–H and O–H groups in total. The first-order chi connectivity index (χ1) is 13.8. The Kier molecular flexibility index (Phi) is 7.95. The van der Waals surface area contributed by atoms with Crippen molar-refractivity contribution < 1.29 is 32.6 Å². The fraction of sp³-hybridized carbons (Fsp3) is 0.300. The Balaban J connectivity index is 2.25. The van der Waals surface area contributed by atoms with Crippen molar-refractivity contribution in [1.82, 2.24) is 0 Å². The number of amides is 1. The first-order valence-electron chi connectivity index (χ1n) is 8.75. The van der Waals surface area contributed by atoms with Gasteiger partial charge in [0, 0.05) is 10.5 Å². The predicted molar refractivity (Wildman–Crippen MR) is 107 cm³/mol. The van der Waals surface area contributed by atoms with Crippen LogP contribution < -0.4 is 14.8 Å². The van der Waals surface area contributed by atoms with Gasteiger partial charge in [-0.25, -0.2) is 13.6 Å². The first-order valence-corrected chi connectivity index (χ1v) is 9.55. The van der Waals surface area contributed by atoms with E-state index in [9.17, 15) is 18.4 Å². The standard InChI is InChI=1S/C20H20BrF2NO5/c1-4-28-17-6-11(13(21)9-18(17)29-5-2)7-19(25)24-16-8-12(20(26)27-3)14(22)10-15(16)23/h6,8-10H,4-5,7H2,1-3H3,(H,24,25). The van der Waals surface area contributed by atoms with Crippen molar-refractivity contribution in [3.8, 4) is 11.5 Å². The second-order valence-electron chi connectivity index (χ2n) is 5.78. The number of carbonyl (C=O) groups excluding carboxylic acids is 2. The number of esters is 1. The molecule has 9 heteroatoms. The highest BCUT2D eigenvalue weighted by Crippen LogP contribution is 2.34. The number of nitrogens with one attached hydrogen (secondary N) is 1. The summed E-state index contributed by atoms with van der Waals surface area (Å²) in [6, 6.07) is 4.75. The zero-order valence-electron chi connectivity index (χ0n) is 16.1. The lowest BCUT2D eigenvalue weighted by Gasteiger charge is -2.14. The molecule has 2 rings (SSSR count). The Hall–Kier alpha value is -2.68. The van der Waals surface area contributed by atoms with Crippen molar-refractivity contribution in [2.24, 2.45) is 0 Å². The van der Waals surface area contributed by atoms with E-state index < -0.39 is 29.1 Å². The van der Waals surface area contributed by atoms with Crippen molar-refractivity contribution in [3.05, 3.63) is 51.5 Å². The number of hydrogen-bond acceptors (Lipinski definition) is 5. The summed E-state index contributed by atoms with van der Waals surface area (Å²) in [6.45, 7) is 4.51. The third-order valence-corrected chi connectivity index (χ3v) is 4.54. The maximum Gasteiger partial charge on any atom is 0.340 e. The van der Waals surface area contributed by atoms with Crippen LogP contribution in [0.15, 0.2) is 28.7 Å². The molecule has 0 heterocycles. The van der Waals surface area contributed by atoms with Crippen LogP contribution in [0.25, 0.3) is 0 Å². The highest BCUT2D eigenvalue weighted by molar-refractivity contribution is 9.10. The lowest BCUT2D eigenvalue weighted by atomic mass is 10.1. The van der Waals surface area contributed by atoms with Crippen molar-refractivity contribution in [2.45, 2.75) is 20.3 Å². The van der Waals surface area contributed by atoms with E-state index in [2.05, 4.69) is 26.0 Å². The van der Waals surface area contributed by atoms with Crippen LogP contribution in [0.4, 0.5) is 14.5 Å². The fourth-order valence-corrected chi connectivity index (χ4v) is 2.99. The van der Waals surface area contributed by atoms with Crippen LogP contribution in [-0.4, -0.2) is 32.2 Å². The minimum Gasteiger partial charge on any atom is -0.490 e. The smallest absolute Gasteiger partial charge is 0.340 e. The van der Waals surface area contributed by atoms with E-state index in [1.807, 2.05) is 13.8 Å². The van der Waals surface area contributed by atoms with Gasteiger partial charge in [-0.2, -0.15) is 0 Å². The van der Waals surface area contributed by atoms with Crippen LogP contribution in [0.5, 0.6) is 11.5 Å². The van der Waals surface area contributed by atoms with Gasteiger partial charge in [-0.15, -0.1) is 0 Å². The number of rotatable bonds is 8. The Bertz CT molecular complexity index is 920. The molecule has 0 aliphatic carbocycles. The molecular formula is C20H20BrF2NO5. The van der Waals surface area contributed by atoms with Gasteiger partial charge in [0.15, 0.2) is 11.5 Å². The molecule has 0 atom stereocenters. The van der Waals surface area contributed by atoms with E-state index in [4.69, 9.17) is 9.47 Å². The summed E-state index contributed by atoms with van der Waals surface area (Å²) in [5, 5.41) is 2.34. The summed E-state index contributed by atoms with van der Waals surface area (Å²) in [7, 11) is 1.07. The number of halogens is 3. The summed E-state index contributed by atoms with van der Waals surface area (Å²) in [6.07, 6.45) is -0.128. The molecule has 1 amide bonds. The summed E-state index contributed by atoms with van der Waals surface area (Å²) >= 11 is 3.38. The molecule has 2 aromatic carbocycles. The van der Waals surface area contributed by atoms with Gasteiger partial charge < -0.3 is 19.5 Å². The number of methoxy groups -OCH3 is 1. The minimum absolute atomic E-state index is 0.128. The van der Waals surface area contributed by atoms with Crippen LogP contribution in [0.3, 0.4) is 0 Å². The Morgan fingerprint density at radius 1 is 1.00 bits per heavy atom. The Morgan fingerprint density at radius 2 is 1.62 bits per heavy atom. The monoisotopic (exact) mass is 471 g/mol. The zero-order valence-corrected chi connectivity index (χ0v) is 17.7. The van der Waals surface area contributed by atoms with Gasteiger partial charge in [0.25, 0.3) is 0 Å². The molecule has 0 bridgehead atoms. The molecule has 0 spiro atoms. The molecule has 0 saturated carbocycles. The Labute approximate surface area is 175 Å². The van der Waals surface area contributed by atoms with E-state index in [0.29, 0.717) is 40.8 Å². The van der Waals surface area contributed by atoms with Gasteiger partial charge in [-0.3, -0.25) is 4.79 Å². The second-order valence-corrected chi connectivity index (χ2v) is 6.64. The van der Waals surface area contributed by atoms with Crippen molar-refractivity contribution in [2.75, 3.05) is 25.6 Å². The zero-order chi connectivity index (χ0) is 21.6. The van der Waals surface area contributed by atoms with Gasteiger partial charge in [-0.1, -0.05) is 15.9 Å². The lowest BCUT2D eigenvalue weighted by molar-refractivity contribution is -0.115. The van der Waals surface area contributed by atoms with Gasteiger partial charge in [0.05, 0.1) is 38.0 Å². The quantitative estimate of drug-likeness (QED) is 0.574. The summed E-state index contributed by atoms with van der Waals surface area (Å²) < 4.78 is 43.9. The average Bonchev–Trinajstić information content (AvgIpc) is 2.67. The SMILES string of the molecule is CCOc1cc(Br)c(CC(=O)Nc2cc(C(=O)OC)c(F)cc2F)cc1OCC. The number of ether oxygens (including phenoxy) is 3. The van der Waals surface area contributed by atoms with E-state index in [0.717, 1.165) is 13.2 Å². The number of anilines is 1. The van der Waals surface area contributed by atoms with Crippen molar-refractivity contribution >= 4 is 33.5 Å². The summed E-state index contributed by atoms with van der Waals surface area (Å²) in [5.41, 5.74) is -0.237. The molecule has 0 saturated heterocycles. The number of hydrogen-bond donors (Lipinski definition) is 1. The Morgan fingerprint density at radius 3 is 2.21 bits per heavy atom. The van der Waals surface area contributed by atoms with Gasteiger partial charge in [0.1, 0.15) is 11.6 Å². The summed E-state index contributed by atoms with van der Waals surface area (Å²) in [4.78, 5) is 24.0. The third-order valence-electron chi connectivity index (χ3n) is 3.80. The second kappa shape index (κ2) is 10.2. The lowest BCUT2D eigenvalue weighted by Crippen LogP contribution is -2.17. The highest BCUT2D eigenvalue weighted by Gasteiger charge is 2.19. The van der Waals surface area contributed by atoms with Gasteiger partial charge >= 0.3 is 5.97 Å². The number of carbonyl (C=O) groups is 2. The van der Waals surface area contributed by atoms with E-state index in [1.165, 1.54) is 0 Å². The predicted octanol–water partition coefficient (Wildman–Crippen LogP) is 4.49. The minimum atomic E-state index is -1.08. The normalized spacial score (nSPS) is 10.4. The van der Waals surface area contributed by atoms with E-state index >= 15 is 0 Å². The van der Waals surface area contributed by atoms with E-state index in [1.54, 1.807) is 12.1 Å². The molecule has 0 fully saturated rings. The molecule has 2 aromatic rings. The molecule has 0 aromatic heterocycles. The van der Waals surface area contributed by atoms with Gasteiger partial charge in [-0.05, 0) is 37.6 Å². The van der Waals surface area contributed by atoms with E-state index in [-0.39, 0.29) is 12.1 Å². The molecule has 29 heavy (non-hydrogen) atoms. The van der Waals surface area contributed by atoms with Crippen LogP contribution in [0.1, 0.15) is 29.8 Å². The average molecular weight is 472 g/mol. The van der Waals surface area contributed by atoms with Crippen molar-refractivity contribution in [3.63, 3.8) is 0 Å². The molecule has 156 valence electrons. The molecular weight excluding hydrogens is 452 g/mol. The molecule has 0 radical (unpaired) electrons. The number of benzene rings is 2. The molecule has 6 nitrogen and oxygen atoms in total. The summed E-state index contributed by atoms with van der Waals surface area (Å²) in [5.74, 6) is -2.64. The largest absolute Gasteiger partial charge is 0.490 e. The molecule has 0 aliphatic heterocycles. The van der Waals surface area contributed by atoms with Gasteiger partial charge in [0.2, 0.25) is 5.91 Å². The molecule has 0 unspecified atom stereocenters. The fourth-order valence-electron chi connectivity index (χ4n) is 2.53. The third kappa shape index (κ3) is 5.66. The topological polar surface area (TPSA) is 73.9 Å². The first kappa shape index (κ1) is 22.6. The maximum atomic E-state index is 14.0. The highest BCUT2D eigenvalue weighted by atomic mass is 79.9. The van der Waals surface area contributed by atoms with Crippen LogP contribution in [0.2, 0.25) is 0 Å². The van der Waals surface area contributed by atoms with Crippen LogP contribution in [-0.2, 0) is 16.0 Å². The maximum absolute atomic E-state index is 14.0. The van der Waals surface area contributed by atoms with Crippen molar-refractivity contribution in [1.29, 1.82) is 0 Å². The van der Waals surface area contributed by atoms with Crippen LogP contribution >= 0.6 is 15.9 Å². The van der Waals surface area contributed by atoms with Crippen LogP contribution in [0, 0.1) is 11.6 Å².